The minimum atomic E-state index is -0.650. The average molecular weight is 376 g/mol. The molecule has 7 heteroatoms. The third-order valence-corrected chi connectivity index (χ3v) is 5.00. The topological polar surface area (TPSA) is 92.0 Å². The fraction of sp³-hybridized carbons (Fsp3) is 0.190. The van der Waals surface area contributed by atoms with Crippen molar-refractivity contribution in [2.45, 2.75) is 20.4 Å². The molecule has 2 heterocycles. The summed E-state index contributed by atoms with van der Waals surface area (Å²) in [6.45, 7) is 3.51. The predicted molar refractivity (Wildman–Crippen MR) is 109 cm³/mol. The lowest BCUT2D eigenvalue weighted by Crippen LogP contribution is -2.41. The van der Waals surface area contributed by atoms with Gasteiger partial charge in [-0.25, -0.2) is 9.36 Å². The number of aromatic nitrogens is 3. The van der Waals surface area contributed by atoms with Crippen LogP contribution in [0.1, 0.15) is 11.1 Å². The van der Waals surface area contributed by atoms with E-state index in [1.54, 1.807) is 29.8 Å². The fourth-order valence-corrected chi connectivity index (χ4v) is 3.76. The van der Waals surface area contributed by atoms with E-state index < -0.39 is 17.2 Å². The summed E-state index contributed by atoms with van der Waals surface area (Å²) in [5, 5.41) is 0.740. The first-order valence-electron chi connectivity index (χ1n) is 8.89. The Kier molecular flexibility index (Phi) is 3.96. The lowest BCUT2D eigenvalue weighted by molar-refractivity contribution is -0.118. The van der Waals surface area contributed by atoms with E-state index in [-0.39, 0.29) is 6.54 Å². The first-order chi connectivity index (χ1) is 13.3. The minimum absolute atomic E-state index is 0.311. The molecule has 4 aromatic rings. The highest BCUT2D eigenvalue weighted by Gasteiger charge is 2.21. The van der Waals surface area contributed by atoms with E-state index in [9.17, 15) is 14.4 Å². The second-order valence-corrected chi connectivity index (χ2v) is 7.09. The summed E-state index contributed by atoms with van der Waals surface area (Å²) in [4.78, 5) is 38.4. The van der Waals surface area contributed by atoms with E-state index >= 15 is 0 Å². The molecule has 0 unspecified atom stereocenters. The van der Waals surface area contributed by atoms with Crippen molar-refractivity contribution in [3.8, 4) is 5.69 Å². The Hall–Kier alpha value is -3.61. The molecule has 0 aliphatic heterocycles. The molecule has 7 nitrogen and oxygen atoms in total. The van der Waals surface area contributed by atoms with Gasteiger partial charge in [-0.05, 0) is 43.7 Å². The second kappa shape index (κ2) is 6.23. The van der Waals surface area contributed by atoms with Gasteiger partial charge in [-0.15, -0.1) is 0 Å². The van der Waals surface area contributed by atoms with Crippen molar-refractivity contribution in [3.05, 3.63) is 74.4 Å². The number of rotatable bonds is 3. The Balaban J connectivity index is 2.28. The Morgan fingerprint density at radius 2 is 1.71 bits per heavy atom. The third kappa shape index (κ3) is 2.55. The molecule has 1 amide bonds. The van der Waals surface area contributed by atoms with Gasteiger partial charge in [0, 0.05) is 12.4 Å². The lowest BCUT2D eigenvalue weighted by Gasteiger charge is -2.12. The zero-order valence-electron chi connectivity index (χ0n) is 15.9. The lowest BCUT2D eigenvalue weighted by atomic mass is 10.1. The van der Waals surface area contributed by atoms with Crippen LogP contribution < -0.4 is 17.0 Å². The summed E-state index contributed by atoms with van der Waals surface area (Å²) in [7, 11) is 1.78. The quantitative estimate of drug-likeness (QED) is 0.590. The third-order valence-electron chi connectivity index (χ3n) is 5.00. The second-order valence-electron chi connectivity index (χ2n) is 7.09. The number of nitrogens with zero attached hydrogens (tertiary/aromatic N) is 3. The number of hydrogen-bond acceptors (Lipinski definition) is 3. The van der Waals surface area contributed by atoms with E-state index in [1.807, 2.05) is 38.1 Å². The molecule has 0 fully saturated rings. The van der Waals surface area contributed by atoms with E-state index in [0.717, 1.165) is 26.6 Å². The molecule has 0 bridgehead atoms. The van der Waals surface area contributed by atoms with Crippen LogP contribution in [0.5, 0.6) is 0 Å². The number of carbonyl (C=O) groups is 1. The van der Waals surface area contributed by atoms with E-state index in [2.05, 4.69) is 0 Å². The molecular weight excluding hydrogens is 356 g/mol. The van der Waals surface area contributed by atoms with Gasteiger partial charge in [0.1, 0.15) is 12.1 Å². The minimum Gasteiger partial charge on any atom is -0.368 e. The zero-order chi connectivity index (χ0) is 20.2. The smallest absolute Gasteiger partial charge is 0.336 e. The zero-order valence-corrected chi connectivity index (χ0v) is 15.9. The Morgan fingerprint density at radius 3 is 2.39 bits per heavy atom. The standard InChI is InChI=1S/C21H20N4O3/c1-12-5-4-6-14(9-12)25-20(27)19-18(24(21(25)28)11-17(22)26)15-10-13(2)7-8-16(15)23(19)3/h4-10H,11H2,1-3H3,(H2,22,26). The maximum absolute atomic E-state index is 13.4. The molecular formula is C21H20N4O3. The summed E-state index contributed by atoms with van der Waals surface area (Å²) >= 11 is 0. The van der Waals surface area contributed by atoms with Gasteiger partial charge in [-0.3, -0.25) is 14.2 Å². The number of aryl methyl sites for hydroxylation is 3. The normalized spacial score (nSPS) is 11.4. The molecule has 0 aliphatic rings. The van der Waals surface area contributed by atoms with Crippen molar-refractivity contribution in [1.82, 2.24) is 13.7 Å². The van der Waals surface area contributed by atoms with Crippen LogP contribution in [0.3, 0.4) is 0 Å². The van der Waals surface area contributed by atoms with Gasteiger partial charge in [0.15, 0.2) is 0 Å². The van der Waals surface area contributed by atoms with Crippen LogP contribution in [0, 0.1) is 13.8 Å². The van der Waals surface area contributed by atoms with Crippen LogP contribution in [-0.2, 0) is 18.4 Å². The highest BCUT2D eigenvalue weighted by molar-refractivity contribution is 6.06. The number of nitrogens with two attached hydrogens (primary N) is 1. The van der Waals surface area contributed by atoms with Crippen molar-refractivity contribution in [3.63, 3.8) is 0 Å². The van der Waals surface area contributed by atoms with Gasteiger partial charge in [-0.2, -0.15) is 0 Å². The van der Waals surface area contributed by atoms with Crippen molar-refractivity contribution in [1.29, 1.82) is 0 Å². The summed E-state index contributed by atoms with van der Waals surface area (Å²) in [6.07, 6.45) is 0. The van der Waals surface area contributed by atoms with Gasteiger partial charge < -0.3 is 10.3 Å². The Labute approximate surface area is 160 Å². The first kappa shape index (κ1) is 17.8. The largest absolute Gasteiger partial charge is 0.368 e. The number of benzene rings is 2. The molecule has 28 heavy (non-hydrogen) atoms. The number of amides is 1. The van der Waals surface area contributed by atoms with Crippen LogP contribution in [0.15, 0.2) is 52.1 Å². The molecule has 0 saturated heterocycles. The summed E-state index contributed by atoms with van der Waals surface area (Å²) in [5.41, 5.74) is 8.35. The Morgan fingerprint density at radius 1 is 1.00 bits per heavy atom. The summed E-state index contributed by atoms with van der Waals surface area (Å²) in [6, 6.07) is 12.9. The van der Waals surface area contributed by atoms with E-state index in [1.165, 1.54) is 4.57 Å². The van der Waals surface area contributed by atoms with Crippen LogP contribution in [0.4, 0.5) is 0 Å². The number of carbonyl (C=O) groups excluding carboxylic acids is 1. The highest BCUT2D eigenvalue weighted by Crippen LogP contribution is 2.26. The van der Waals surface area contributed by atoms with Crippen LogP contribution in [0.25, 0.3) is 27.6 Å². The molecule has 0 atom stereocenters. The maximum atomic E-state index is 13.4. The van der Waals surface area contributed by atoms with Crippen molar-refractivity contribution in [2.24, 2.45) is 12.8 Å². The van der Waals surface area contributed by atoms with Gasteiger partial charge in [0.05, 0.1) is 16.7 Å². The van der Waals surface area contributed by atoms with Gasteiger partial charge in [-0.1, -0.05) is 23.8 Å². The Bertz CT molecular complexity index is 1390. The van der Waals surface area contributed by atoms with Crippen molar-refractivity contribution < 1.29 is 4.79 Å². The number of fused-ring (bicyclic) bond motifs is 3. The predicted octanol–water partition coefficient (Wildman–Crippen LogP) is 1.75. The summed E-state index contributed by atoms with van der Waals surface area (Å²) < 4.78 is 4.16. The molecule has 2 aromatic carbocycles. The van der Waals surface area contributed by atoms with Gasteiger partial charge in [0.25, 0.3) is 5.56 Å². The van der Waals surface area contributed by atoms with E-state index in [4.69, 9.17) is 5.73 Å². The van der Waals surface area contributed by atoms with Crippen molar-refractivity contribution in [2.75, 3.05) is 0 Å². The highest BCUT2D eigenvalue weighted by atomic mass is 16.2. The molecule has 0 saturated carbocycles. The van der Waals surface area contributed by atoms with Crippen LogP contribution >= 0.6 is 0 Å². The van der Waals surface area contributed by atoms with Crippen molar-refractivity contribution >= 4 is 27.8 Å². The number of primary amides is 1. The maximum Gasteiger partial charge on any atom is 0.336 e. The molecule has 0 spiro atoms. The monoisotopic (exact) mass is 376 g/mol. The van der Waals surface area contributed by atoms with Crippen LogP contribution in [-0.4, -0.2) is 19.6 Å². The first-order valence-corrected chi connectivity index (χ1v) is 8.89. The molecule has 142 valence electrons. The average Bonchev–Trinajstić information content (AvgIpc) is 2.91. The number of hydrogen-bond donors (Lipinski definition) is 1. The molecule has 0 radical (unpaired) electrons. The summed E-state index contributed by atoms with van der Waals surface area (Å²) in [5.74, 6) is -0.650. The molecule has 0 aliphatic carbocycles. The molecule has 4 rings (SSSR count). The van der Waals surface area contributed by atoms with E-state index in [0.29, 0.717) is 16.7 Å². The van der Waals surface area contributed by atoms with Crippen LogP contribution in [0.2, 0.25) is 0 Å². The van der Waals surface area contributed by atoms with Gasteiger partial charge in [0.2, 0.25) is 5.91 Å². The molecule has 2 N–H and O–H groups in total. The van der Waals surface area contributed by atoms with Gasteiger partial charge >= 0.3 is 5.69 Å². The molecule has 2 aromatic heterocycles. The SMILES string of the molecule is Cc1cccc(-n2c(=O)c3c(c4cc(C)ccc4n3C)n(CC(N)=O)c2=O)c1. The fourth-order valence-electron chi connectivity index (χ4n) is 3.76.